The lowest BCUT2D eigenvalue weighted by atomic mass is 9.71. The van der Waals surface area contributed by atoms with Crippen molar-refractivity contribution in [2.24, 2.45) is 11.3 Å². The van der Waals surface area contributed by atoms with Gasteiger partial charge in [0.05, 0.1) is 6.10 Å². The topological polar surface area (TPSA) is 77.8 Å². The van der Waals surface area contributed by atoms with Crippen molar-refractivity contribution in [3.05, 3.63) is 35.9 Å². The van der Waals surface area contributed by atoms with Gasteiger partial charge in [0.25, 0.3) is 0 Å². The number of piperidine rings is 1. The number of amides is 1. The molecule has 1 saturated heterocycles. The van der Waals surface area contributed by atoms with Crippen molar-refractivity contribution >= 4 is 11.9 Å². The number of likely N-dealkylation sites (tertiary alicyclic amines) is 1. The van der Waals surface area contributed by atoms with Crippen LogP contribution >= 0.6 is 0 Å². The summed E-state index contributed by atoms with van der Waals surface area (Å²) in [5.74, 6) is -0.441. The molecule has 2 N–H and O–H groups in total. The highest BCUT2D eigenvalue weighted by Gasteiger charge is 2.49. The number of carboxylic acids is 1. The maximum atomic E-state index is 12.2. The number of rotatable bonds is 5. The highest BCUT2D eigenvalue weighted by molar-refractivity contribution is 5.79. The van der Waals surface area contributed by atoms with Gasteiger partial charge in [-0.15, -0.1) is 0 Å². The van der Waals surface area contributed by atoms with Gasteiger partial charge in [0, 0.05) is 19.5 Å². The number of hydrogen-bond donors (Lipinski definition) is 2. The highest BCUT2D eigenvalue weighted by Crippen LogP contribution is 2.38. The second-order valence-electron chi connectivity index (χ2n) is 6.88. The second kappa shape index (κ2) is 6.32. The largest absolute Gasteiger partial charge is 0.481 e. The van der Waals surface area contributed by atoms with Crippen LogP contribution in [0.4, 0.5) is 0 Å². The van der Waals surface area contributed by atoms with Gasteiger partial charge in [-0.2, -0.15) is 0 Å². The van der Waals surface area contributed by atoms with Gasteiger partial charge in [0.15, 0.2) is 0 Å². The van der Waals surface area contributed by atoms with Crippen LogP contribution < -0.4 is 0 Å². The van der Waals surface area contributed by atoms with Crippen molar-refractivity contribution in [1.82, 2.24) is 4.90 Å². The lowest BCUT2D eigenvalue weighted by Gasteiger charge is -2.43. The van der Waals surface area contributed by atoms with Crippen LogP contribution in [-0.2, 0) is 16.0 Å². The molecule has 1 aromatic carbocycles. The molecule has 0 radical (unpaired) electrons. The van der Waals surface area contributed by atoms with Crippen LogP contribution in [0.1, 0.15) is 31.2 Å². The average molecular weight is 317 g/mol. The number of aliphatic carboxylic acids is 1. The summed E-state index contributed by atoms with van der Waals surface area (Å²) in [6.45, 7) is 0.520. The zero-order valence-corrected chi connectivity index (χ0v) is 13.1. The van der Waals surface area contributed by atoms with Crippen molar-refractivity contribution in [1.29, 1.82) is 0 Å². The summed E-state index contributed by atoms with van der Waals surface area (Å²) >= 11 is 0. The molecular formula is C18H23NO4. The van der Waals surface area contributed by atoms with E-state index in [1.54, 1.807) is 4.90 Å². The van der Waals surface area contributed by atoms with Crippen molar-refractivity contribution in [3.8, 4) is 0 Å². The molecule has 3 rings (SSSR count). The van der Waals surface area contributed by atoms with Gasteiger partial charge < -0.3 is 15.1 Å². The Hall–Kier alpha value is -1.88. The molecule has 124 valence electrons. The van der Waals surface area contributed by atoms with Crippen LogP contribution in [0.2, 0.25) is 0 Å². The van der Waals surface area contributed by atoms with Gasteiger partial charge in [0.2, 0.25) is 5.91 Å². The van der Waals surface area contributed by atoms with Gasteiger partial charge in [-0.25, -0.2) is 0 Å². The fourth-order valence-electron chi connectivity index (χ4n) is 3.39. The normalized spacial score (nSPS) is 27.7. The molecule has 1 heterocycles. The van der Waals surface area contributed by atoms with Crippen LogP contribution in [0.25, 0.3) is 0 Å². The Balaban J connectivity index is 1.71. The molecule has 0 unspecified atom stereocenters. The Kier molecular flexibility index (Phi) is 4.39. The van der Waals surface area contributed by atoms with E-state index in [0.29, 0.717) is 18.9 Å². The minimum Gasteiger partial charge on any atom is -0.481 e. The third kappa shape index (κ3) is 3.39. The van der Waals surface area contributed by atoms with Crippen LogP contribution in [0.15, 0.2) is 30.3 Å². The van der Waals surface area contributed by atoms with Crippen LogP contribution in [0.3, 0.4) is 0 Å². The van der Waals surface area contributed by atoms with Crippen molar-refractivity contribution < 1.29 is 19.8 Å². The van der Waals surface area contributed by atoms with Gasteiger partial charge in [-0.1, -0.05) is 30.3 Å². The van der Waals surface area contributed by atoms with Gasteiger partial charge in [-0.05, 0) is 37.2 Å². The van der Waals surface area contributed by atoms with E-state index in [-0.39, 0.29) is 25.3 Å². The number of β-amino-alcohol motifs (C(OH)–C–C–N with tert-alkyl or cyclic N) is 1. The Bertz CT molecular complexity index is 584. The molecule has 0 spiro atoms. The molecule has 1 amide bonds. The molecule has 5 nitrogen and oxygen atoms in total. The molecule has 1 aliphatic carbocycles. The van der Waals surface area contributed by atoms with E-state index in [4.69, 9.17) is 0 Å². The third-order valence-electron chi connectivity index (χ3n) is 5.16. The first-order chi connectivity index (χ1) is 11.0. The van der Waals surface area contributed by atoms with Gasteiger partial charge in [0.1, 0.15) is 5.41 Å². The van der Waals surface area contributed by atoms with Gasteiger partial charge in [-0.3, -0.25) is 9.59 Å². The number of nitrogens with zero attached hydrogens (tertiary/aromatic N) is 1. The predicted molar refractivity (Wildman–Crippen MR) is 84.8 cm³/mol. The monoisotopic (exact) mass is 317 g/mol. The van der Waals surface area contributed by atoms with Crippen molar-refractivity contribution in [2.75, 3.05) is 13.1 Å². The molecule has 0 aromatic heterocycles. The average Bonchev–Trinajstić information content (AvgIpc) is 3.34. The molecule has 1 aliphatic heterocycles. The van der Waals surface area contributed by atoms with E-state index in [2.05, 4.69) is 0 Å². The maximum absolute atomic E-state index is 12.2. The minimum absolute atomic E-state index is 0.0465. The quantitative estimate of drug-likeness (QED) is 0.866. The van der Waals surface area contributed by atoms with Gasteiger partial charge >= 0.3 is 5.97 Å². The minimum atomic E-state index is -1.21. The molecule has 1 saturated carbocycles. The molecule has 0 bridgehead atoms. The summed E-state index contributed by atoms with van der Waals surface area (Å²) in [4.78, 5) is 25.7. The first-order valence-electron chi connectivity index (χ1n) is 8.24. The fraction of sp³-hybridized carbons (Fsp3) is 0.556. The number of aliphatic hydroxyl groups excluding tert-OH is 1. The number of aliphatic hydroxyl groups is 1. The molecule has 2 aliphatic rings. The lowest BCUT2D eigenvalue weighted by Crippen LogP contribution is -2.57. The molecule has 23 heavy (non-hydrogen) atoms. The van der Waals surface area contributed by atoms with E-state index in [1.165, 1.54) is 0 Å². The fourth-order valence-corrected chi connectivity index (χ4v) is 3.39. The maximum Gasteiger partial charge on any atom is 0.312 e. The Labute approximate surface area is 135 Å². The summed E-state index contributed by atoms with van der Waals surface area (Å²) in [6.07, 6.45) is 2.27. The lowest BCUT2D eigenvalue weighted by molar-refractivity contribution is -0.166. The summed E-state index contributed by atoms with van der Waals surface area (Å²) < 4.78 is 0. The number of carbonyl (C=O) groups is 2. The Morgan fingerprint density at radius 2 is 1.91 bits per heavy atom. The third-order valence-corrected chi connectivity index (χ3v) is 5.16. The smallest absolute Gasteiger partial charge is 0.312 e. The van der Waals surface area contributed by atoms with Crippen LogP contribution in [-0.4, -0.2) is 46.2 Å². The van der Waals surface area contributed by atoms with E-state index in [9.17, 15) is 19.8 Å². The van der Waals surface area contributed by atoms with E-state index in [1.807, 2.05) is 30.3 Å². The zero-order valence-electron chi connectivity index (χ0n) is 13.1. The van der Waals surface area contributed by atoms with Crippen molar-refractivity contribution in [2.45, 2.75) is 38.2 Å². The summed E-state index contributed by atoms with van der Waals surface area (Å²) in [6, 6.07) is 9.37. The predicted octanol–water partition coefficient (Wildman–Crippen LogP) is 1.69. The number of carbonyl (C=O) groups excluding carboxylic acids is 1. The standard InChI is InChI=1S/C18H23NO4/c20-15-12-19(16(21)10-13-6-7-13)9-8-18(15,17(22)23)11-14-4-2-1-3-5-14/h1-5,13,15,20H,6-12H2,(H,22,23)/t15-,18+/m0/s1. The SMILES string of the molecule is O=C(CC1CC1)N1CC[C@](Cc2ccccc2)(C(=O)O)[C@@H](O)C1. The summed E-state index contributed by atoms with van der Waals surface area (Å²) in [5, 5.41) is 20.3. The van der Waals surface area contributed by atoms with Crippen molar-refractivity contribution in [3.63, 3.8) is 0 Å². The molecule has 2 atom stereocenters. The van der Waals surface area contributed by atoms with E-state index in [0.717, 1.165) is 18.4 Å². The number of benzene rings is 1. The van der Waals surface area contributed by atoms with Crippen LogP contribution in [0.5, 0.6) is 0 Å². The molecule has 2 fully saturated rings. The summed E-state index contributed by atoms with van der Waals surface area (Å²) in [7, 11) is 0. The molecule has 1 aromatic rings. The molecular weight excluding hydrogens is 294 g/mol. The second-order valence-corrected chi connectivity index (χ2v) is 6.88. The highest BCUT2D eigenvalue weighted by atomic mass is 16.4. The molecule has 5 heteroatoms. The Morgan fingerprint density at radius 3 is 2.48 bits per heavy atom. The first kappa shape index (κ1) is 16.0. The van der Waals surface area contributed by atoms with E-state index < -0.39 is 17.5 Å². The zero-order chi connectivity index (χ0) is 16.4. The number of hydrogen-bond acceptors (Lipinski definition) is 3. The Morgan fingerprint density at radius 1 is 1.22 bits per heavy atom. The summed E-state index contributed by atoms with van der Waals surface area (Å²) in [5.41, 5.74) is -0.316. The first-order valence-corrected chi connectivity index (χ1v) is 8.24. The van der Waals surface area contributed by atoms with E-state index >= 15 is 0 Å². The number of carboxylic acid groups (broad SMARTS) is 1. The van der Waals surface area contributed by atoms with Crippen LogP contribution in [0, 0.1) is 11.3 Å².